The lowest BCUT2D eigenvalue weighted by molar-refractivity contribution is 0.102. The van der Waals surface area contributed by atoms with E-state index in [-0.39, 0.29) is 5.91 Å². The van der Waals surface area contributed by atoms with E-state index in [1.807, 2.05) is 36.4 Å². The van der Waals surface area contributed by atoms with Crippen molar-refractivity contribution >= 4 is 11.6 Å². The average Bonchev–Trinajstić information content (AvgIpc) is 2.61. The van der Waals surface area contributed by atoms with Crippen molar-refractivity contribution in [1.82, 2.24) is 0 Å². The number of anilines is 1. The second-order valence-corrected chi connectivity index (χ2v) is 6.38. The SMILES string of the molecule is CCCCOc1ccc(C(=O)Nc2ccccc2OCC(C)C)cc1. The predicted molar refractivity (Wildman–Crippen MR) is 102 cm³/mol. The predicted octanol–water partition coefficient (Wildman–Crippen LogP) is 5.15. The molecule has 0 aliphatic carbocycles. The maximum absolute atomic E-state index is 12.5. The Hall–Kier alpha value is -2.49. The Morgan fingerprint density at radius 3 is 2.44 bits per heavy atom. The van der Waals surface area contributed by atoms with Gasteiger partial charge in [0.25, 0.3) is 5.91 Å². The van der Waals surface area contributed by atoms with Gasteiger partial charge in [-0.15, -0.1) is 0 Å². The molecule has 0 spiro atoms. The van der Waals surface area contributed by atoms with Crippen LogP contribution in [-0.2, 0) is 0 Å². The van der Waals surface area contributed by atoms with Gasteiger partial charge in [-0.3, -0.25) is 4.79 Å². The van der Waals surface area contributed by atoms with Gasteiger partial charge in [0.15, 0.2) is 0 Å². The number of carbonyl (C=O) groups excluding carboxylic acids is 1. The van der Waals surface area contributed by atoms with Crippen LogP contribution in [0, 0.1) is 5.92 Å². The Labute approximate surface area is 150 Å². The highest BCUT2D eigenvalue weighted by molar-refractivity contribution is 6.05. The minimum Gasteiger partial charge on any atom is -0.494 e. The summed E-state index contributed by atoms with van der Waals surface area (Å²) in [5, 5.41) is 2.92. The van der Waals surface area contributed by atoms with E-state index in [0.29, 0.717) is 36.1 Å². The molecule has 0 heterocycles. The number of unbranched alkanes of at least 4 members (excludes halogenated alkanes) is 1. The monoisotopic (exact) mass is 341 g/mol. The lowest BCUT2D eigenvalue weighted by Gasteiger charge is -2.14. The van der Waals surface area contributed by atoms with E-state index in [4.69, 9.17) is 9.47 Å². The molecule has 0 aliphatic heterocycles. The van der Waals surface area contributed by atoms with Crippen molar-refractivity contribution in [3.05, 3.63) is 54.1 Å². The van der Waals surface area contributed by atoms with Gasteiger partial charge in [-0.05, 0) is 48.7 Å². The van der Waals surface area contributed by atoms with Crippen molar-refractivity contribution in [3.8, 4) is 11.5 Å². The molecule has 1 N–H and O–H groups in total. The summed E-state index contributed by atoms with van der Waals surface area (Å²) in [6.07, 6.45) is 2.12. The quantitative estimate of drug-likeness (QED) is 0.641. The van der Waals surface area contributed by atoms with Gasteiger partial charge in [0, 0.05) is 5.56 Å². The molecule has 2 rings (SSSR count). The number of hydrogen-bond acceptors (Lipinski definition) is 3. The zero-order chi connectivity index (χ0) is 18.1. The van der Waals surface area contributed by atoms with E-state index < -0.39 is 0 Å². The molecule has 0 saturated carbocycles. The highest BCUT2D eigenvalue weighted by Crippen LogP contribution is 2.25. The Balaban J connectivity index is 1.99. The van der Waals surface area contributed by atoms with Crippen molar-refractivity contribution < 1.29 is 14.3 Å². The Kier molecular flexibility index (Phi) is 7.33. The summed E-state index contributed by atoms with van der Waals surface area (Å²) in [5.41, 5.74) is 1.26. The van der Waals surface area contributed by atoms with Crippen LogP contribution >= 0.6 is 0 Å². The molecule has 0 atom stereocenters. The summed E-state index contributed by atoms with van der Waals surface area (Å²) >= 11 is 0. The lowest BCUT2D eigenvalue weighted by atomic mass is 10.2. The smallest absolute Gasteiger partial charge is 0.255 e. The Morgan fingerprint density at radius 2 is 1.76 bits per heavy atom. The van der Waals surface area contributed by atoms with Gasteiger partial charge in [-0.2, -0.15) is 0 Å². The van der Waals surface area contributed by atoms with Crippen molar-refractivity contribution in [2.24, 2.45) is 5.92 Å². The Bertz CT molecular complexity index is 665. The second kappa shape index (κ2) is 9.72. The van der Waals surface area contributed by atoms with E-state index in [1.165, 1.54) is 0 Å². The van der Waals surface area contributed by atoms with E-state index in [2.05, 4.69) is 26.1 Å². The highest BCUT2D eigenvalue weighted by atomic mass is 16.5. The first-order valence-corrected chi connectivity index (χ1v) is 8.86. The number of nitrogens with one attached hydrogen (secondary N) is 1. The van der Waals surface area contributed by atoms with E-state index >= 15 is 0 Å². The normalized spacial score (nSPS) is 10.6. The summed E-state index contributed by atoms with van der Waals surface area (Å²) in [7, 11) is 0. The summed E-state index contributed by atoms with van der Waals surface area (Å²) in [6.45, 7) is 7.61. The van der Waals surface area contributed by atoms with Gasteiger partial charge < -0.3 is 14.8 Å². The molecule has 0 fully saturated rings. The van der Waals surface area contributed by atoms with Gasteiger partial charge in [-0.25, -0.2) is 0 Å². The first-order valence-electron chi connectivity index (χ1n) is 8.86. The zero-order valence-electron chi connectivity index (χ0n) is 15.2. The molecule has 0 unspecified atom stereocenters. The van der Waals surface area contributed by atoms with Crippen molar-refractivity contribution in [2.75, 3.05) is 18.5 Å². The molecule has 0 bridgehead atoms. The van der Waals surface area contributed by atoms with Gasteiger partial charge in [0.1, 0.15) is 11.5 Å². The fourth-order valence-corrected chi connectivity index (χ4v) is 2.18. The zero-order valence-corrected chi connectivity index (χ0v) is 15.2. The van der Waals surface area contributed by atoms with Crippen LogP contribution in [0.25, 0.3) is 0 Å². The van der Waals surface area contributed by atoms with Crippen LogP contribution in [0.1, 0.15) is 44.0 Å². The average molecular weight is 341 g/mol. The molecule has 0 aromatic heterocycles. The molecular weight excluding hydrogens is 314 g/mol. The van der Waals surface area contributed by atoms with Crippen LogP contribution in [-0.4, -0.2) is 19.1 Å². The third-order valence-corrected chi connectivity index (χ3v) is 3.59. The largest absolute Gasteiger partial charge is 0.494 e. The minimum atomic E-state index is -0.166. The van der Waals surface area contributed by atoms with Crippen LogP contribution in [0.2, 0.25) is 0 Å². The number of benzene rings is 2. The van der Waals surface area contributed by atoms with Crippen LogP contribution < -0.4 is 14.8 Å². The van der Waals surface area contributed by atoms with E-state index in [9.17, 15) is 4.79 Å². The lowest BCUT2D eigenvalue weighted by Crippen LogP contribution is -2.13. The van der Waals surface area contributed by atoms with Gasteiger partial charge in [0.05, 0.1) is 18.9 Å². The maximum Gasteiger partial charge on any atom is 0.255 e. The van der Waals surface area contributed by atoms with Gasteiger partial charge in [0.2, 0.25) is 0 Å². The van der Waals surface area contributed by atoms with Crippen molar-refractivity contribution in [2.45, 2.75) is 33.6 Å². The van der Waals surface area contributed by atoms with Crippen molar-refractivity contribution in [3.63, 3.8) is 0 Å². The van der Waals surface area contributed by atoms with E-state index in [1.54, 1.807) is 12.1 Å². The molecule has 4 heteroatoms. The topological polar surface area (TPSA) is 47.6 Å². The number of para-hydroxylation sites is 2. The van der Waals surface area contributed by atoms with Gasteiger partial charge in [-0.1, -0.05) is 39.3 Å². The summed E-state index contributed by atoms with van der Waals surface area (Å²) in [6, 6.07) is 14.7. The summed E-state index contributed by atoms with van der Waals surface area (Å²) in [4.78, 5) is 12.5. The molecule has 0 radical (unpaired) electrons. The Morgan fingerprint density at radius 1 is 1.04 bits per heavy atom. The van der Waals surface area contributed by atoms with Crippen LogP contribution in [0.3, 0.4) is 0 Å². The molecule has 134 valence electrons. The summed E-state index contributed by atoms with van der Waals surface area (Å²) in [5.74, 6) is 1.72. The van der Waals surface area contributed by atoms with Crippen LogP contribution in [0.15, 0.2) is 48.5 Å². The fraction of sp³-hybridized carbons (Fsp3) is 0.381. The third-order valence-electron chi connectivity index (χ3n) is 3.59. The molecule has 0 saturated heterocycles. The van der Waals surface area contributed by atoms with Crippen LogP contribution in [0.4, 0.5) is 5.69 Å². The molecule has 1 amide bonds. The van der Waals surface area contributed by atoms with E-state index in [0.717, 1.165) is 18.6 Å². The summed E-state index contributed by atoms with van der Waals surface area (Å²) < 4.78 is 11.4. The third kappa shape index (κ3) is 6.14. The second-order valence-electron chi connectivity index (χ2n) is 6.38. The number of carbonyl (C=O) groups is 1. The fourth-order valence-electron chi connectivity index (χ4n) is 2.18. The molecular formula is C21H27NO3. The maximum atomic E-state index is 12.5. The number of ether oxygens (including phenoxy) is 2. The first-order chi connectivity index (χ1) is 12.1. The number of amides is 1. The van der Waals surface area contributed by atoms with Crippen LogP contribution in [0.5, 0.6) is 11.5 Å². The molecule has 2 aromatic rings. The minimum absolute atomic E-state index is 0.166. The molecule has 0 aliphatic rings. The molecule has 4 nitrogen and oxygen atoms in total. The van der Waals surface area contributed by atoms with Crippen molar-refractivity contribution in [1.29, 1.82) is 0 Å². The number of rotatable bonds is 9. The van der Waals surface area contributed by atoms with Gasteiger partial charge >= 0.3 is 0 Å². The molecule has 2 aromatic carbocycles. The molecule has 25 heavy (non-hydrogen) atoms. The number of hydrogen-bond donors (Lipinski definition) is 1. The highest BCUT2D eigenvalue weighted by Gasteiger charge is 2.10. The standard InChI is InChI=1S/C21H27NO3/c1-4-5-14-24-18-12-10-17(11-13-18)21(23)22-19-8-6-7-9-20(19)25-15-16(2)3/h6-13,16H,4-5,14-15H2,1-3H3,(H,22,23). The first kappa shape index (κ1) is 18.8.